The number of rotatable bonds is 8. The second kappa shape index (κ2) is 10.0. The van der Waals surface area contributed by atoms with Crippen molar-refractivity contribution in [1.29, 1.82) is 0 Å². The summed E-state index contributed by atoms with van der Waals surface area (Å²) in [4.78, 5) is 27.9. The Bertz CT molecular complexity index is 568. The van der Waals surface area contributed by atoms with Crippen LogP contribution in [0.3, 0.4) is 0 Å². The molecule has 1 heterocycles. The Kier molecular flexibility index (Phi) is 7.73. The number of ether oxygens (including phenoxy) is 2. The number of carbonyl (C=O) groups excluding carboxylic acids is 2. The zero-order valence-electron chi connectivity index (χ0n) is 15.2. The Morgan fingerprint density at radius 2 is 1.56 bits per heavy atom. The molecule has 1 fully saturated rings. The van der Waals surface area contributed by atoms with Crippen LogP contribution in [0.15, 0.2) is 24.3 Å². The van der Waals surface area contributed by atoms with Gasteiger partial charge in [0.25, 0.3) is 0 Å². The third-order valence-electron chi connectivity index (χ3n) is 4.39. The highest BCUT2D eigenvalue weighted by molar-refractivity contribution is 5.78. The number of para-hydroxylation sites is 1. The first-order valence-corrected chi connectivity index (χ1v) is 8.84. The molecule has 1 aromatic carbocycles. The summed E-state index contributed by atoms with van der Waals surface area (Å²) in [5.41, 5.74) is 1.10. The van der Waals surface area contributed by atoms with Gasteiger partial charge in [-0.3, -0.25) is 9.59 Å². The standard InChI is InChI=1S/C19H28N2O4/c1-16-6-3-4-7-17(16)25-14-5-8-18(22)20-10-12-21(13-11-20)19(23)9-15-24-2/h3-4,6-7H,5,8-15H2,1-2H3. The van der Waals surface area contributed by atoms with Gasteiger partial charge in [0.1, 0.15) is 5.75 Å². The van der Waals surface area contributed by atoms with Gasteiger partial charge in [-0.2, -0.15) is 0 Å². The summed E-state index contributed by atoms with van der Waals surface area (Å²) in [6.45, 7) is 5.41. The van der Waals surface area contributed by atoms with Crippen molar-refractivity contribution < 1.29 is 19.1 Å². The van der Waals surface area contributed by atoms with E-state index in [0.29, 0.717) is 58.7 Å². The smallest absolute Gasteiger partial charge is 0.225 e. The molecule has 2 rings (SSSR count). The first-order chi connectivity index (χ1) is 12.1. The van der Waals surface area contributed by atoms with E-state index in [1.807, 2.05) is 41.0 Å². The van der Waals surface area contributed by atoms with Crippen molar-refractivity contribution in [2.24, 2.45) is 0 Å². The molecule has 0 N–H and O–H groups in total. The Morgan fingerprint density at radius 1 is 0.960 bits per heavy atom. The molecule has 0 aliphatic carbocycles. The van der Waals surface area contributed by atoms with Crippen molar-refractivity contribution in [3.8, 4) is 5.75 Å². The number of piperazine rings is 1. The maximum absolute atomic E-state index is 12.3. The van der Waals surface area contributed by atoms with E-state index in [1.165, 1.54) is 0 Å². The van der Waals surface area contributed by atoms with Crippen LogP contribution < -0.4 is 4.74 Å². The van der Waals surface area contributed by atoms with Gasteiger partial charge < -0.3 is 19.3 Å². The molecule has 25 heavy (non-hydrogen) atoms. The van der Waals surface area contributed by atoms with Crippen LogP contribution in [0.1, 0.15) is 24.8 Å². The molecule has 0 radical (unpaired) electrons. The maximum atomic E-state index is 12.3. The van der Waals surface area contributed by atoms with Crippen molar-refractivity contribution in [1.82, 2.24) is 9.80 Å². The highest BCUT2D eigenvalue weighted by atomic mass is 16.5. The zero-order valence-corrected chi connectivity index (χ0v) is 15.2. The Balaban J connectivity index is 1.64. The van der Waals surface area contributed by atoms with Gasteiger partial charge in [0.2, 0.25) is 11.8 Å². The SMILES string of the molecule is COCCC(=O)N1CCN(C(=O)CCCOc2ccccc2C)CC1. The Labute approximate surface area is 149 Å². The van der Waals surface area contributed by atoms with E-state index in [4.69, 9.17) is 9.47 Å². The molecule has 1 aliphatic rings. The molecule has 1 aromatic rings. The lowest BCUT2D eigenvalue weighted by molar-refractivity contribution is -0.140. The Hall–Kier alpha value is -2.08. The molecule has 6 nitrogen and oxygen atoms in total. The topological polar surface area (TPSA) is 59.1 Å². The molecule has 0 spiro atoms. The summed E-state index contributed by atoms with van der Waals surface area (Å²) in [6, 6.07) is 7.87. The quantitative estimate of drug-likeness (QED) is 0.673. The number of carbonyl (C=O) groups is 2. The number of amides is 2. The van der Waals surface area contributed by atoms with E-state index in [0.717, 1.165) is 11.3 Å². The van der Waals surface area contributed by atoms with Crippen LogP contribution in [-0.2, 0) is 14.3 Å². The summed E-state index contributed by atoms with van der Waals surface area (Å²) in [6.07, 6.45) is 1.57. The van der Waals surface area contributed by atoms with Crippen LogP contribution in [0, 0.1) is 6.92 Å². The second-order valence-corrected chi connectivity index (χ2v) is 6.22. The minimum atomic E-state index is 0.0978. The highest BCUT2D eigenvalue weighted by Crippen LogP contribution is 2.16. The summed E-state index contributed by atoms with van der Waals surface area (Å²) in [5.74, 6) is 1.11. The van der Waals surface area contributed by atoms with E-state index in [-0.39, 0.29) is 11.8 Å². The number of hydrogen-bond donors (Lipinski definition) is 0. The second-order valence-electron chi connectivity index (χ2n) is 6.22. The minimum absolute atomic E-state index is 0.0978. The summed E-state index contributed by atoms with van der Waals surface area (Å²) in [7, 11) is 1.59. The van der Waals surface area contributed by atoms with E-state index in [1.54, 1.807) is 7.11 Å². The highest BCUT2D eigenvalue weighted by Gasteiger charge is 2.23. The van der Waals surface area contributed by atoms with Gasteiger partial charge in [-0.15, -0.1) is 0 Å². The maximum Gasteiger partial charge on any atom is 0.225 e. The third kappa shape index (κ3) is 6.05. The van der Waals surface area contributed by atoms with Gasteiger partial charge in [0.05, 0.1) is 19.6 Å². The number of benzene rings is 1. The fourth-order valence-electron chi connectivity index (χ4n) is 2.83. The average Bonchev–Trinajstić information content (AvgIpc) is 2.64. The van der Waals surface area contributed by atoms with E-state index >= 15 is 0 Å². The lowest BCUT2D eigenvalue weighted by Crippen LogP contribution is -2.50. The monoisotopic (exact) mass is 348 g/mol. The largest absolute Gasteiger partial charge is 0.493 e. The molecule has 1 aliphatic heterocycles. The van der Waals surface area contributed by atoms with E-state index in [9.17, 15) is 9.59 Å². The fourth-order valence-corrected chi connectivity index (χ4v) is 2.83. The lowest BCUT2D eigenvalue weighted by Gasteiger charge is -2.35. The normalized spacial score (nSPS) is 14.5. The van der Waals surface area contributed by atoms with Crippen LogP contribution in [0.5, 0.6) is 5.75 Å². The van der Waals surface area contributed by atoms with Crippen LogP contribution in [-0.4, -0.2) is 68.1 Å². The van der Waals surface area contributed by atoms with Crippen LogP contribution in [0.25, 0.3) is 0 Å². The van der Waals surface area contributed by atoms with Gasteiger partial charge in [0.15, 0.2) is 0 Å². The zero-order chi connectivity index (χ0) is 18.1. The molecular formula is C19H28N2O4. The molecule has 0 saturated carbocycles. The van der Waals surface area contributed by atoms with E-state index < -0.39 is 0 Å². The number of nitrogens with zero attached hydrogens (tertiary/aromatic N) is 2. The molecule has 0 atom stereocenters. The van der Waals surface area contributed by atoms with Gasteiger partial charge in [-0.25, -0.2) is 0 Å². The third-order valence-corrected chi connectivity index (χ3v) is 4.39. The number of aryl methyl sites for hydroxylation is 1. The minimum Gasteiger partial charge on any atom is -0.493 e. The van der Waals surface area contributed by atoms with Crippen molar-refractivity contribution in [2.75, 3.05) is 46.5 Å². The van der Waals surface area contributed by atoms with Crippen molar-refractivity contribution in [2.45, 2.75) is 26.2 Å². The predicted octanol–water partition coefficient (Wildman–Crippen LogP) is 1.86. The molecule has 0 unspecified atom stereocenters. The molecule has 1 saturated heterocycles. The molecule has 0 aromatic heterocycles. The van der Waals surface area contributed by atoms with Gasteiger partial charge >= 0.3 is 0 Å². The van der Waals surface area contributed by atoms with E-state index in [2.05, 4.69) is 0 Å². The van der Waals surface area contributed by atoms with Crippen molar-refractivity contribution in [3.63, 3.8) is 0 Å². The average molecular weight is 348 g/mol. The van der Waals surface area contributed by atoms with Gasteiger partial charge in [-0.05, 0) is 25.0 Å². The molecule has 6 heteroatoms. The first-order valence-electron chi connectivity index (χ1n) is 8.84. The van der Waals surface area contributed by atoms with Crippen LogP contribution in [0.2, 0.25) is 0 Å². The fraction of sp³-hybridized carbons (Fsp3) is 0.579. The molecular weight excluding hydrogens is 320 g/mol. The van der Waals surface area contributed by atoms with Gasteiger partial charge in [0, 0.05) is 39.7 Å². The summed E-state index contributed by atoms with van der Waals surface area (Å²) in [5, 5.41) is 0. The van der Waals surface area contributed by atoms with Crippen LogP contribution >= 0.6 is 0 Å². The molecule has 2 amide bonds. The summed E-state index contributed by atoms with van der Waals surface area (Å²) < 4.78 is 10.7. The number of methoxy groups -OCH3 is 1. The van der Waals surface area contributed by atoms with Crippen molar-refractivity contribution >= 4 is 11.8 Å². The number of hydrogen-bond acceptors (Lipinski definition) is 4. The summed E-state index contributed by atoms with van der Waals surface area (Å²) >= 11 is 0. The van der Waals surface area contributed by atoms with Crippen molar-refractivity contribution in [3.05, 3.63) is 29.8 Å². The predicted molar refractivity (Wildman–Crippen MR) is 95.6 cm³/mol. The first kappa shape index (κ1) is 19.2. The van der Waals surface area contributed by atoms with Gasteiger partial charge in [-0.1, -0.05) is 18.2 Å². The Morgan fingerprint density at radius 3 is 2.16 bits per heavy atom. The van der Waals surface area contributed by atoms with Crippen LogP contribution in [0.4, 0.5) is 0 Å². The molecule has 0 bridgehead atoms. The lowest BCUT2D eigenvalue weighted by atomic mass is 10.2. The molecule has 138 valence electrons.